The second kappa shape index (κ2) is 6.44. The molecular weight excluding hydrogens is 362 g/mol. The molecule has 3 aliphatic rings. The number of ether oxygens (including phenoxy) is 2. The van der Waals surface area contributed by atoms with E-state index in [0.717, 1.165) is 5.56 Å². The van der Waals surface area contributed by atoms with Gasteiger partial charge in [-0.05, 0) is 42.6 Å². The van der Waals surface area contributed by atoms with Crippen LogP contribution in [0, 0.1) is 28.6 Å². The molecular formula is C21H27NO6. The fourth-order valence-electron chi connectivity index (χ4n) is 6.23. The Bertz CT molecular complexity index is 804. The molecule has 7 nitrogen and oxygen atoms in total. The maximum atomic E-state index is 13.3. The van der Waals surface area contributed by atoms with E-state index in [1.807, 2.05) is 13.8 Å². The Morgan fingerprint density at radius 2 is 2.04 bits per heavy atom. The van der Waals surface area contributed by atoms with Crippen LogP contribution in [0.4, 0.5) is 0 Å². The molecule has 7 heteroatoms. The highest BCUT2D eigenvalue weighted by Gasteiger charge is 2.66. The molecule has 1 aromatic rings. The molecule has 1 aromatic heterocycles. The molecule has 0 bridgehead atoms. The third-order valence-electron chi connectivity index (χ3n) is 7.59. The lowest BCUT2D eigenvalue weighted by Crippen LogP contribution is -2.65. The van der Waals surface area contributed by atoms with E-state index in [1.54, 1.807) is 12.3 Å². The summed E-state index contributed by atoms with van der Waals surface area (Å²) in [6, 6.07) is 1.04. The third kappa shape index (κ3) is 2.55. The molecule has 4 rings (SSSR count). The second-order valence-electron chi connectivity index (χ2n) is 9.04. The maximum absolute atomic E-state index is 13.3. The minimum atomic E-state index is -0.733. The van der Waals surface area contributed by atoms with Crippen molar-refractivity contribution in [1.82, 2.24) is 0 Å². The molecule has 1 aliphatic heterocycles. The van der Waals surface area contributed by atoms with Crippen LogP contribution in [0.25, 0.3) is 0 Å². The number of fused-ring (bicyclic) bond motifs is 3. The van der Waals surface area contributed by atoms with Crippen molar-refractivity contribution in [3.63, 3.8) is 0 Å². The highest BCUT2D eigenvalue weighted by atomic mass is 16.5. The minimum absolute atomic E-state index is 0.0597. The molecule has 3 fully saturated rings. The molecule has 0 radical (unpaired) electrons. The second-order valence-corrected chi connectivity index (χ2v) is 9.04. The first kappa shape index (κ1) is 19.2. The van der Waals surface area contributed by atoms with Gasteiger partial charge in [0.1, 0.15) is 6.10 Å². The molecule has 0 aromatic carbocycles. The Morgan fingerprint density at radius 1 is 1.29 bits per heavy atom. The minimum Gasteiger partial charge on any atom is -0.472 e. The smallest absolute Gasteiger partial charge is 0.310 e. The summed E-state index contributed by atoms with van der Waals surface area (Å²) >= 11 is 0. The van der Waals surface area contributed by atoms with Gasteiger partial charge in [-0.15, -0.1) is 0 Å². The van der Waals surface area contributed by atoms with E-state index in [2.05, 4.69) is 0 Å². The SMILES string of the molecule is COC(=O)[C@@H]1C[C@@H](N)C(=O)[C@H]2[C@@]1(C)CC[C@H]1C(=O)O[C@@H](c3ccoc3)C[C@]21C. The van der Waals surface area contributed by atoms with Crippen molar-refractivity contribution in [2.45, 2.75) is 51.7 Å². The van der Waals surface area contributed by atoms with E-state index < -0.39 is 34.8 Å². The van der Waals surface area contributed by atoms with Crippen LogP contribution in [0.2, 0.25) is 0 Å². The summed E-state index contributed by atoms with van der Waals surface area (Å²) in [6.07, 6.45) is 4.58. The summed E-state index contributed by atoms with van der Waals surface area (Å²) in [5.41, 5.74) is 5.72. The number of rotatable bonds is 2. The summed E-state index contributed by atoms with van der Waals surface area (Å²) < 4.78 is 15.9. The van der Waals surface area contributed by atoms with Gasteiger partial charge in [-0.3, -0.25) is 14.4 Å². The Morgan fingerprint density at radius 3 is 2.68 bits per heavy atom. The van der Waals surface area contributed by atoms with Gasteiger partial charge in [-0.25, -0.2) is 0 Å². The normalized spacial score (nSPS) is 42.9. The zero-order valence-corrected chi connectivity index (χ0v) is 16.5. The average molecular weight is 389 g/mol. The van der Waals surface area contributed by atoms with Crippen molar-refractivity contribution in [1.29, 1.82) is 0 Å². The van der Waals surface area contributed by atoms with E-state index in [4.69, 9.17) is 19.6 Å². The Kier molecular flexibility index (Phi) is 4.41. The number of methoxy groups -OCH3 is 1. The standard InChI is InChI=1S/C21H27NO6/c1-20-6-4-12-19(25)28-15(11-5-7-27-10-11)9-21(12,2)17(20)16(23)14(22)8-13(20)18(24)26-3/h5,7,10,12-15,17H,4,6,8-9,22H2,1-3H3/t12-,13-,14+,15+,17-,20-,21-/m0/s1. The van der Waals surface area contributed by atoms with Gasteiger partial charge in [-0.2, -0.15) is 0 Å². The van der Waals surface area contributed by atoms with Gasteiger partial charge in [0, 0.05) is 11.5 Å². The Hall–Kier alpha value is -2.15. The number of carbonyl (C=O) groups excluding carboxylic acids is 3. The molecule has 2 saturated carbocycles. The third-order valence-corrected chi connectivity index (χ3v) is 7.59. The summed E-state index contributed by atoms with van der Waals surface area (Å²) in [4.78, 5) is 38.8. The number of ketones is 1. The fourth-order valence-corrected chi connectivity index (χ4v) is 6.23. The van der Waals surface area contributed by atoms with Gasteiger partial charge in [0.05, 0.1) is 37.5 Å². The van der Waals surface area contributed by atoms with Crippen LogP contribution in [0.3, 0.4) is 0 Å². The molecule has 28 heavy (non-hydrogen) atoms. The molecule has 2 heterocycles. The van der Waals surface area contributed by atoms with Gasteiger partial charge >= 0.3 is 11.9 Å². The molecule has 2 N–H and O–H groups in total. The lowest BCUT2D eigenvalue weighted by atomic mass is 9.43. The molecule has 0 spiro atoms. The highest BCUT2D eigenvalue weighted by molar-refractivity contribution is 5.92. The lowest BCUT2D eigenvalue weighted by molar-refractivity contribution is -0.203. The van der Waals surface area contributed by atoms with E-state index in [9.17, 15) is 14.4 Å². The van der Waals surface area contributed by atoms with Crippen LogP contribution in [-0.4, -0.2) is 30.9 Å². The first-order valence-electron chi connectivity index (χ1n) is 9.82. The zero-order valence-electron chi connectivity index (χ0n) is 16.5. The van der Waals surface area contributed by atoms with Crippen molar-refractivity contribution in [3.05, 3.63) is 24.2 Å². The molecule has 0 amide bonds. The van der Waals surface area contributed by atoms with Crippen molar-refractivity contribution < 1.29 is 28.3 Å². The fraction of sp³-hybridized carbons (Fsp3) is 0.667. The number of esters is 2. The molecule has 0 unspecified atom stereocenters. The lowest BCUT2D eigenvalue weighted by Gasteiger charge is -2.61. The van der Waals surface area contributed by atoms with Crippen LogP contribution in [-0.2, 0) is 23.9 Å². The van der Waals surface area contributed by atoms with Crippen molar-refractivity contribution in [3.8, 4) is 0 Å². The van der Waals surface area contributed by atoms with Gasteiger partial charge in [0.25, 0.3) is 0 Å². The Labute approximate surface area is 163 Å². The molecule has 7 atom stereocenters. The number of carbonyl (C=O) groups is 3. The predicted octanol–water partition coefficient (Wildman–Crippen LogP) is 2.40. The van der Waals surface area contributed by atoms with Gasteiger partial charge in [-0.1, -0.05) is 13.8 Å². The number of cyclic esters (lactones) is 1. The first-order valence-corrected chi connectivity index (χ1v) is 9.82. The van der Waals surface area contributed by atoms with Crippen LogP contribution in [0.1, 0.15) is 51.2 Å². The van der Waals surface area contributed by atoms with E-state index in [-0.39, 0.29) is 30.1 Å². The quantitative estimate of drug-likeness (QED) is 0.774. The number of furan rings is 1. The van der Waals surface area contributed by atoms with Crippen molar-refractivity contribution in [2.75, 3.05) is 7.11 Å². The van der Waals surface area contributed by atoms with E-state index in [1.165, 1.54) is 13.4 Å². The summed E-state index contributed by atoms with van der Waals surface area (Å²) in [5.74, 6) is -2.03. The monoisotopic (exact) mass is 389 g/mol. The highest BCUT2D eigenvalue weighted by Crippen LogP contribution is 2.64. The zero-order chi connectivity index (χ0) is 20.3. The molecule has 152 valence electrons. The first-order chi connectivity index (χ1) is 13.2. The number of hydrogen-bond acceptors (Lipinski definition) is 7. The van der Waals surface area contributed by atoms with Crippen LogP contribution < -0.4 is 5.73 Å². The molecule has 1 saturated heterocycles. The Balaban J connectivity index is 1.79. The largest absolute Gasteiger partial charge is 0.472 e. The van der Waals surface area contributed by atoms with E-state index in [0.29, 0.717) is 19.3 Å². The summed E-state index contributed by atoms with van der Waals surface area (Å²) in [7, 11) is 1.36. The maximum Gasteiger partial charge on any atom is 0.310 e. The number of hydrogen-bond donors (Lipinski definition) is 1. The van der Waals surface area contributed by atoms with Gasteiger partial charge in [0.15, 0.2) is 5.78 Å². The van der Waals surface area contributed by atoms with E-state index >= 15 is 0 Å². The predicted molar refractivity (Wildman–Crippen MR) is 97.7 cm³/mol. The number of Topliss-reactive ketones (excluding diaryl/α,β-unsaturated/α-hetero) is 1. The topological polar surface area (TPSA) is 109 Å². The number of nitrogens with two attached hydrogens (primary N) is 1. The molecule has 2 aliphatic carbocycles. The van der Waals surface area contributed by atoms with Crippen LogP contribution in [0.5, 0.6) is 0 Å². The van der Waals surface area contributed by atoms with Crippen LogP contribution in [0.15, 0.2) is 23.0 Å². The van der Waals surface area contributed by atoms with Gasteiger partial charge in [0.2, 0.25) is 0 Å². The van der Waals surface area contributed by atoms with Crippen molar-refractivity contribution >= 4 is 17.7 Å². The average Bonchev–Trinajstić information content (AvgIpc) is 3.18. The summed E-state index contributed by atoms with van der Waals surface area (Å²) in [5, 5.41) is 0. The van der Waals surface area contributed by atoms with Crippen molar-refractivity contribution in [2.24, 2.45) is 34.3 Å². The van der Waals surface area contributed by atoms with Crippen LogP contribution >= 0.6 is 0 Å². The van der Waals surface area contributed by atoms with Gasteiger partial charge < -0.3 is 19.6 Å². The summed E-state index contributed by atoms with van der Waals surface area (Å²) in [6.45, 7) is 3.97.